The highest BCUT2D eigenvalue weighted by Crippen LogP contribution is 2.38. The number of hydrogen-bond donors (Lipinski definition) is 1. The second-order valence-electron chi connectivity index (χ2n) is 4.62. The predicted molar refractivity (Wildman–Crippen MR) is 92.8 cm³/mol. The van der Waals surface area contributed by atoms with Crippen LogP contribution in [0.5, 0.6) is 11.5 Å². The fraction of sp³-hybridized carbons (Fsp3) is 0.250. The standard InChI is InChI=1S/C16H16BrCl2NO/c1-3-20-10(2)11-6-4-5-7-15(11)21-16-9-13(18)12(17)8-14(16)19/h4-10,20H,3H2,1-2H3. The van der Waals surface area contributed by atoms with Crippen molar-refractivity contribution < 1.29 is 4.74 Å². The van der Waals surface area contributed by atoms with Crippen molar-refractivity contribution in [2.24, 2.45) is 0 Å². The Balaban J connectivity index is 2.34. The molecular formula is C16H16BrCl2NO. The number of ether oxygens (including phenoxy) is 1. The molecule has 0 radical (unpaired) electrons. The maximum atomic E-state index is 6.22. The van der Waals surface area contributed by atoms with Gasteiger partial charge in [-0.2, -0.15) is 0 Å². The summed E-state index contributed by atoms with van der Waals surface area (Å²) in [5.41, 5.74) is 1.08. The molecule has 0 fully saturated rings. The van der Waals surface area contributed by atoms with Gasteiger partial charge in [0.05, 0.1) is 10.0 Å². The summed E-state index contributed by atoms with van der Waals surface area (Å²) < 4.78 is 6.71. The van der Waals surface area contributed by atoms with Gasteiger partial charge in [-0.05, 0) is 41.5 Å². The molecule has 2 aromatic carbocycles. The Hall–Kier alpha value is -0.740. The van der Waals surface area contributed by atoms with E-state index < -0.39 is 0 Å². The van der Waals surface area contributed by atoms with E-state index in [1.165, 1.54) is 0 Å². The molecule has 5 heteroatoms. The largest absolute Gasteiger partial charge is 0.455 e. The van der Waals surface area contributed by atoms with Crippen LogP contribution in [0.3, 0.4) is 0 Å². The Morgan fingerprint density at radius 1 is 1.14 bits per heavy atom. The van der Waals surface area contributed by atoms with Crippen LogP contribution in [-0.2, 0) is 0 Å². The van der Waals surface area contributed by atoms with Crippen LogP contribution in [0.2, 0.25) is 10.0 Å². The molecule has 0 aromatic heterocycles. The zero-order valence-electron chi connectivity index (χ0n) is 11.8. The summed E-state index contributed by atoms with van der Waals surface area (Å²) in [6.45, 7) is 5.06. The minimum atomic E-state index is 0.191. The maximum Gasteiger partial charge on any atom is 0.147 e. The Labute approximate surface area is 143 Å². The summed E-state index contributed by atoms with van der Waals surface area (Å²) in [5, 5.41) is 4.45. The molecule has 2 rings (SSSR count). The van der Waals surface area contributed by atoms with Crippen LogP contribution in [0.25, 0.3) is 0 Å². The summed E-state index contributed by atoms with van der Waals surface area (Å²) >= 11 is 15.7. The van der Waals surface area contributed by atoms with E-state index in [-0.39, 0.29) is 6.04 Å². The summed E-state index contributed by atoms with van der Waals surface area (Å²) in [6, 6.07) is 11.5. The zero-order valence-corrected chi connectivity index (χ0v) is 14.9. The van der Waals surface area contributed by atoms with Gasteiger partial charge in [-0.15, -0.1) is 0 Å². The van der Waals surface area contributed by atoms with Crippen LogP contribution in [0.1, 0.15) is 25.5 Å². The first-order chi connectivity index (χ1) is 10.0. The van der Waals surface area contributed by atoms with E-state index in [9.17, 15) is 0 Å². The lowest BCUT2D eigenvalue weighted by molar-refractivity contribution is 0.463. The lowest BCUT2D eigenvalue weighted by Gasteiger charge is -2.18. The molecule has 1 unspecified atom stereocenters. The first kappa shape index (κ1) is 16.6. The Kier molecular flexibility index (Phi) is 5.94. The van der Waals surface area contributed by atoms with Crippen LogP contribution in [-0.4, -0.2) is 6.54 Å². The van der Waals surface area contributed by atoms with Crippen LogP contribution in [0, 0.1) is 0 Å². The zero-order chi connectivity index (χ0) is 15.4. The van der Waals surface area contributed by atoms with Gasteiger partial charge in [0.15, 0.2) is 0 Å². The second kappa shape index (κ2) is 7.50. The van der Waals surface area contributed by atoms with Crippen molar-refractivity contribution in [2.75, 3.05) is 6.54 Å². The van der Waals surface area contributed by atoms with Gasteiger partial charge in [0.1, 0.15) is 11.5 Å². The Bertz CT molecular complexity index is 634. The molecule has 0 saturated carbocycles. The lowest BCUT2D eigenvalue weighted by atomic mass is 10.1. The first-order valence-corrected chi connectivity index (χ1v) is 8.22. The average molecular weight is 389 g/mol. The molecule has 0 spiro atoms. The number of nitrogens with one attached hydrogen (secondary N) is 1. The summed E-state index contributed by atoms with van der Waals surface area (Å²) in [5.74, 6) is 1.31. The van der Waals surface area contributed by atoms with E-state index in [1.54, 1.807) is 12.1 Å². The van der Waals surface area contributed by atoms with E-state index in [0.29, 0.717) is 15.8 Å². The third kappa shape index (κ3) is 4.13. The van der Waals surface area contributed by atoms with Gasteiger partial charge in [0, 0.05) is 22.1 Å². The van der Waals surface area contributed by atoms with E-state index in [0.717, 1.165) is 22.3 Å². The van der Waals surface area contributed by atoms with Crippen molar-refractivity contribution in [1.29, 1.82) is 0 Å². The van der Waals surface area contributed by atoms with Gasteiger partial charge in [-0.25, -0.2) is 0 Å². The van der Waals surface area contributed by atoms with Gasteiger partial charge >= 0.3 is 0 Å². The highest BCUT2D eigenvalue weighted by atomic mass is 79.9. The van der Waals surface area contributed by atoms with Gasteiger partial charge in [-0.1, -0.05) is 48.3 Å². The highest BCUT2D eigenvalue weighted by molar-refractivity contribution is 9.10. The number of hydrogen-bond acceptors (Lipinski definition) is 2. The molecule has 2 aromatic rings. The Morgan fingerprint density at radius 3 is 2.57 bits per heavy atom. The van der Waals surface area contributed by atoms with Gasteiger partial charge < -0.3 is 10.1 Å². The molecule has 0 saturated heterocycles. The van der Waals surface area contributed by atoms with E-state index in [2.05, 4.69) is 35.1 Å². The van der Waals surface area contributed by atoms with Crippen LogP contribution in [0.15, 0.2) is 40.9 Å². The minimum Gasteiger partial charge on any atom is -0.455 e. The fourth-order valence-corrected chi connectivity index (χ4v) is 2.88. The maximum absolute atomic E-state index is 6.22. The monoisotopic (exact) mass is 387 g/mol. The lowest BCUT2D eigenvalue weighted by Crippen LogP contribution is -2.18. The number of benzene rings is 2. The van der Waals surface area contributed by atoms with E-state index >= 15 is 0 Å². The van der Waals surface area contributed by atoms with E-state index in [1.807, 2.05) is 24.3 Å². The quantitative estimate of drug-likeness (QED) is 0.614. The van der Waals surface area contributed by atoms with Crippen molar-refractivity contribution in [2.45, 2.75) is 19.9 Å². The van der Waals surface area contributed by atoms with Crippen molar-refractivity contribution in [1.82, 2.24) is 5.32 Å². The average Bonchev–Trinajstić information content (AvgIpc) is 2.45. The molecule has 1 N–H and O–H groups in total. The van der Waals surface area contributed by atoms with Crippen molar-refractivity contribution in [3.05, 3.63) is 56.5 Å². The van der Waals surface area contributed by atoms with E-state index in [4.69, 9.17) is 27.9 Å². The molecule has 2 nitrogen and oxygen atoms in total. The second-order valence-corrected chi connectivity index (χ2v) is 6.28. The van der Waals surface area contributed by atoms with Crippen molar-refractivity contribution >= 4 is 39.1 Å². The number of rotatable bonds is 5. The molecule has 112 valence electrons. The summed E-state index contributed by atoms with van der Waals surface area (Å²) in [4.78, 5) is 0. The molecule has 0 bridgehead atoms. The normalized spacial score (nSPS) is 12.2. The summed E-state index contributed by atoms with van der Waals surface area (Å²) in [7, 11) is 0. The predicted octanol–water partition coefficient (Wildman–Crippen LogP) is 6.22. The topological polar surface area (TPSA) is 21.3 Å². The van der Waals surface area contributed by atoms with Gasteiger partial charge in [0.2, 0.25) is 0 Å². The SMILES string of the molecule is CCNC(C)c1ccccc1Oc1cc(Cl)c(Br)cc1Cl. The summed E-state index contributed by atoms with van der Waals surface area (Å²) in [6.07, 6.45) is 0. The number of para-hydroxylation sites is 1. The number of halogens is 3. The molecule has 1 atom stereocenters. The van der Waals surface area contributed by atoms with Crippen molar-refractivity contribution in [3.8, 4) is 11.5 Å². The fourth-order valence-electron chi connectivity index (χ4n) is 2.05. The van der Waals surface area contributed by atoms with Crippen LogP contribution < -0.4 is 10.1 Å². The smallest absolute Gasteiger partial charge is 0.147 e. The van der Waals surface area contributed by atoms with Gasteiger partial charge in [-0.3, -0.25) is 0 Å². The molecule has 0 aliphatic carbocycles. The third-order valence-corrected chi connectivity index (χ3v) is 4.58. The Morgan fingerprint density at radius 2 is 1.86 bits per heavy atom. The van der Waals surface area contributed by atoms with Crippen LogP contribution in [0.4, 0.5) is 0 Å². The molecule has 0 aliphatic heterocycles. The first-order valence-electron chi connectivity index (χ1n) is 6.67. The van der Waals surface area contributed by atoms with Crippen molar-refractivity contribution in [3.63, 3.8) is 0 Å². The molecular weight excluding hydrogens is 373 g/mol. The highest BCUT2D eigenvalue weighted by Gasteiger charge is 2.13. The molecule has 0 aliphatic rings. The van der Waals surface area contributed by atoms with Crippen LogP contribution >= 0.6 is 39.1 Å². The minimum absolute atomic E-state index is 0.191. The molecule has 0 amide bonds. The molecule has 21 heavy (non-hydrogen) atoms. The third-order valence-electron chi connectivity index (χ3n) is 3.09. The molecule has 0 heterocycles. The van der Waals surface area contributed by atoms with Gasteiger partial charge in [0.25, 0.3) is 0 Å².